The molecule has 25 heavy (non-hydrogen) atoms. The van der Waals surface area contributed by atoms with Crippen molar-refractivity contribution in [1.29, 1.82) is 0 Å². The summed E-state index contributed by atoms with van der Waals surface area (Å²) in [5.41, 5.74) is -0.936. The van der Waals surface area contributed by atoms with E-state index in [0.29, 0.717) is 24.6 Å². The number of amides is 1. The van der Waals surface area contributed by atoms with Crippen molar-refractivity contribution >= 4 is 23.2 Å². The molecule has 0 saturated heterocycles. The lowest BCUT2D eigenvalue weighted by Crippen LogP contribution is -2.50. The summed E-state index contributed by atoms with van der Waals surface area (Å²) in [6, 6.07) is 3.82. The summed E-state index contributed by atoms with van der Waals surface area (Å²) in [4.78, 5) is 28.2. The predicted molar refractivity (Wildman–Crippen MR) is 91.2 cm³/mol. The number of aryl methyl sites for hydroxylation is 1. The minimum absolute atomic E-state index is 0.124. The standard InChI is InChI=1S/C16H21N3O5S/c1-16(10-23-2,9-14(21)22)18-12(20)6-3-7-13-17-15(19-24-13)11-5-4-8-25-11/h4-5,8H,3,6-7,9-10H2,1-2H3,(H,18,20)(H,21,22). The number of aliphatic carboxylic acids is 1. The van der Waals surface area contributed by atoms with Gasteiger partial charge in [-0.2, -0.15) is 4.98 Å². The number of carboxylic acids is 1. The van der Waals surface area contributed by atoms with Crippen molar-refractivity contribution in [2.75, 3.05) is 13.7 Å². The van der Waals surface area contributed by atoms with Gasteiger partial charge in [-0.25, -0.2) is 0 Å². The summed E-state index contributed by atoms with van der Waals surface area (Å²) in [6.07, 6.45) is 1.02. The molecule has 1 atom stereocenters. The van der Waals surface area contributed by atoms with E-state index < -0.39 is 11.5 Å². The zero-order valence-electron chi connectivity index (χ0n) is 14.2. The van der Waals surface area contributed by atoms with Crippen LogP contribution in [0.1, 0.15) is 32.1 Å². The normalized spacial score (nSPS) is 13.4. The van der Waals surface area contributed by atoms with E-state index in [2.05, 4.69) is 15.5 Å². The van der Waals surface area contributed by atoms with Gasteiger partial charge in [-0.1, -0.05) is 11.2 Å². The Morgan fingerprint density at radius 3 is 2.92 bits per heavy atom. The Labute approximate surface area is 149 Å². The van der Waals surface area contributed by atoms with Crippen LogP contribution in [0.2, 0.25) is 0 Å². The zero-order chi connectivity index (χ0) is 18.3. The Kier molecular flexibility index (Phi) is 6.65. The summed E-state index contributed by atoms with van der Waals surface area (Å²) < 4.78 is 10.2. The number of aromatic nitrogens is 2. The number of carbonyl (C=O) groups is 2. The van der Waals surface area contributed by atoms with Crippen LogP contribution in [-0.4, -0.2) is 46.4 Å². The first-order valence-corrected chi connectivity index (χ1v) is 8.68. The average molecular weight is 367 g/mol. The maximum Gasteiger partial charge on any atom is 0.305 e. The van der Waals surface area contributed by atoms with Crippen LogP contribution in [0, 0.1) is 0 Å². The number of thiophene rings is 1. The Hall–Kier alpha value is -2.26. The number of hydrogen-bond acceptors (Lipinski definition) is 7. The molecule has 1 unspecified atom stereocenters. The topological polar surface area (TPSA) is 115 Å². The smallest absolute Gasteiger partial charge is 0.305 e. The quantitative estimate of drug-likeness (QED) is 0.661. The molecule has 2 rings (SSSR count). The number of methoxy groups -OCH3 is 1. The first kappa shape index (κ1) is 19.1. The van der Waals surface area contributed by atoms with Gasteiger partial charge in [0.15, 0.2) is 0 Å². The van der Waals surface area contributed by atoms with E-state index >= 15 is 0 Å². The van der Waals surface area contributed by atoms with Crippen LogP contribution in [0.4, 0.5) is 0 Å². The highest BCUT2D eigenvalue weighted by Gasteiger charge is 2.29. The average Bonchev–Trinajstić information content (AvgIpc) is 3.16. The molecule has 0 fully saturated rings. The summed E-state index contributed by atoms with van der Waals surface area (Å²) >= 11 is 1.52. The third kappa shape index (κ3) is 5.95. The molecule has 9 heteroatoms. The molecule has 2 aromatic heterocycles. The molecule has 0 spiro atoms. The highest BCUT2D eigenvalue weighted by atomic mass is 32.1. The van der Waals surface area contributed by atoms with Crippen molar-refractivity contribution in [2.24, 2.45) is 0 Å². The van der Waals surface area contributed by atoms with Gasteiger partial charge in [-0.15, -0.1) is 11.3 Å². The van der Waals surface area contributed by atoms with Crippen molar-refractivity contribution in [3.8, 4) is 10.7 Å². The predicted octanol–water partition coefficient (Wildman–Crippen LogP) is 2.12. The van der Waals surface area contributed by atoms with Crippen molar-refractivity contribution in [1.82, 2.24) is 15.5 Å². The van der Waals surface area contributed by atoms with Gasteiger partial charge in [0.05, 0.1) is 23.4 Å². The number of rotatable bonds is 10. The van der Waals surface area contributed by atoms with Gasteiger partial charge in [0.25, 0.3) is 0 Å². The lowest BCUT2D eigenvalue weighted by Gasteiger charge is -2.28. The van der Waals surface area contributed by atoms with Crippen molar-refractivity contribution in [3.63, 3.8) is 0 Å². The monoisotopic (exact) mass is 367 g/mol. The van der Waals surface area contributed by atoms with Gasteiger partial charge in [0, 0.05) is 20.0 Å². The maximum atomic E-state index is 12.1. The van der Waals surface area contributed by atoms with Crippen LogP contribution >= 0.6 is 11.3 Å². The van der Waals surface area contributed by atoms with Crippen LogP contribution < -0.4 is 5.32 Å². The van der Waals surface area contributed by atoms with Crippen LogP contribution in [0.25, 0.3) is 10.7 Å². The minimum Gasteiger partial charge on any atom is -0.481 e. The maximum absolute atomic E-state index is 12.1. The molecule has 0 saturated carbocycles. The zero-order valence-corrected chi connectivity index (χ0v) is 15.0. The molecule has 0 bridgehead atoms. The lowest BCUT2D eigenvalue weighted by molar-refractivity contribution is -0.139. The molecule has 8 nitrogen and oxygen atoms in total. The SMILES string of the molecule is COCC(C)(CC(=O)O)NC(=O)CCCc1nc(-c2cccs2)no1. The second-order valence-corrected chi connectivity index (χ2v) is 6.90. The molecule has 1 amide bonds. The van der Waals surface area contributed by atoms with Gasteiger partial charge in [0.1, 0.15) is 0 Å². The summed E-state index contributed by atoms with van der Waals surface area (Å²) in [6.45, 7) is 1.77. The number of hydrogen-bond donors (Lipinski definition) is 2. The summed E-state index contributed by atoms with van der Waals surface area (Å²) in [5.74, 6) is -0.212. The number of carbonyl (C=O) groups excluding carboxylic acids is 1. The third-order valence-electron chi connectivity index (χ3n) is 3.45. The molecule has 0 aliphatic heterocycles. The fraction of sp³-hybridized carbons (Fsp3) is 0.500. The van der Waals surface area contributed by atoms with Gasteiger partial charge in [-0.3, -0.25) is 9.59 Å². The number of nitrogens with one attached hydrogen (secondary N) is 1. The molecule has 0 aliphatic rings. The van der Waals surface area contributed by atoms with Gasteiger partial charge in [0.2, 0.25) is 17.6 Å². The van der Waals surface area contributed by atoms with E-state index in [1.54, 1.807) is 6.92 Å². The molecule has 2 N–H and O–H groups in total. The number of carboxylic acid groups (broad SMARTS) is 1. The van der Waals surface area contributed by atoms with Crippen LogP contribution in [-0.2, 0) is 20.7 Å². The number of ether oxygens (including phenoxy) is 1. The van der Waals surface area contributed by atoms with E-state index in [0.717, 1.165) is 4.88 Å². The molecular weight excluding hydrogens is 346 g/mol. The van der Waals surface area contributed by atoms with Crippen molar-refractivity contribution < 1.29 is 24.0 Å². The molecule has 0 aliphatic carbocycles. The van der Waals surface area contributed by atoms with Crippen LogP contribution in [0.15, 0.2) is 22.0 Å². The van der Waals surface area contributed by atoms with E-state index in [-0.39, 0.29) is 25.4 Å². The van der Waals surface area contributed by atoms with E-state index in [4.69, 9.17) is 14.4 Å². The minimum atomic E-state index is -0.994. The number of nitrogens with zero attached hydrogens (tertiary/aromatic N) is 2. The lowest BCUT2D eigenvalue weighted by atomic mass is 9.98. The second-order valence-electron chi connectivity index (χ2n) is 5.95. The van der Waals surface area contributed by atoms with Crippen LogP contribution in [0.3, 0.4) is 0 Å². The molecule has 0 aromatic carbocycles. The molecule has 2 heterocycles. The van der Waals surface area contributed by atoms with Crippen molar-refractivity contribution in [3.05, 3.63) is 23.4 Å². The Morgan fingerprint density at radius 1 is 1.48 bits per heavy atom. The van der Waals surface area contributed by atoms with Crippen molar-refractivity contribution in [2.45, 2.75) is 38.1 Å². The van der Waals surface area contributed by atoms with Gasteiger partial charge < -0.3 is 19.7 Å². The Balaban J connectivity index is 1.80. The summed E-state index contributed by atoms with van der Waals surface area (Å²) in [5, 5.41) is 17.5. The van der Waals surface area contributed by atoms with Gasteiger partial charge >= 0.3 is 5.97 Å². The van der Waals surface area contributed by atoms with Crippen LogP contribution in [0.5, 0.6) is 0 Å². The molecule has 2 aromatic rings. The Morgan fingerprint density at radius 2 is 2.28 bits per heavy atom. The Bertz CT molecular complexity index is 700. The molecule has 136 valence electrons. The fourth-order valence-corrected chi connectivity index (χ4v) is 3.09. The van der Waals surface area contributed by atoms with E-state index in [1.807, 2.05) is 17.5 Å². The first-order valence-electron chi connectivity index (χ1n) is 7.80. The van der Waals surface area contributed by atoms with Gasteiger partial charge in [-0.05, 0) is 24.8 Å². The summed E-state index contributed by atoms with van der Waals surface area (Å²) in [7, 11) is 1.47. The highest BCUT2D eigenvalue weighted by molar-refractivity contribution is 7.13. The molecular formula is C16H21N3O5S. The highest BCUT2D eigenvalue weighted by Crippen LogP contribution is 2.21. The first-order chi connectivity index (χ1) is 11.9. The third-order valence-corrected chi connectivity index (χ3v) is 4.32. The van der Waals surface area contributed by atoms with E-state index in [9.17, 15) is 9.59 Å². The molecule has 0 radical (unpaired) electrons. The van der Waals surface area contributed by atoms with E-state index in [1.165, 1.54) is 18.4 Å². The second kappa shape index (κ2) is 8.72. The largest absolute Gasteiger partial charge is 0.481 e. The fourth-order valence-electron chi connectivity index (χ4n) is 2.45.